The lowest BCUT2D eigenvalue weighted by Gasteiger charge is -2.27. The highest BCUT2D eigenvalue weighted by Gasteiger charge is 2.34. The van der Waals surface area contributed by atoms with Crippen LogP contribution in [-0.2, 0) is 28.8 Å². The maximum Gasteiger partial charge on any atom is 0.326 e. The Bertz CT molecular complexity index is 726. The van der Waals surface area contributed by atoms with Crippen LogP contribution in [0.2, 0.25) is 0 Å². The van der Waals surface area contributed by atoms with E-state index >= 15 is 0 Å². The zero-order valence-electron chi connectivity index (χ0n) is 18.0. The first-order valence-corrected chi connectivity index (χ1v) is 9.75. The molecule has 5 unspecified atom stereocenters. The van der Waals surface area contributed by atoms with Crippen LogP contribution in [-0.4, -0.2) is 81.2 Å². The first kappa shape index (κ1) is 28.7. The molecule has 0 aliphatic heterocycles. The van der Waals surface area contributed by atoms with E-state index in [9.17, 15) is 39.0 Å². The lowest BCUT2D eigenvalue weighted by atomic mass is 10.0. The van der Waals surface area contributed by atoms with Crippen LogP contribution in [0.5, 0.6) is 0 Å². The van der Waals surface area contributed by atoms with Crippen molar-refractivity contribution in [3.63, 3.8) is 0 Å². The van der Waals surface area contributed by atoms with E-state index < -0.39 is 84.6 Å². The summed E-state index contributed by atoms with van der Waals surface area (Å²) in [5.41, 5.74) is 10.7. The van der Waals surface area contributed by atoms with Gasteiger partial charge in [0.1, 0.15) is 18.1 Å². The molecule has 0 bridgehead atoms. The topological polar surface area (TPSA) is 251 Å². The van der Waals surface area contributed by atoms with Gasteiger partial charge in [-0.05, 0) is 19.3 Å². The van der Waals surface area contributed by atoms with Gasteiger partial charge in [-0.15, -0.1) is 0 Å². The van der Waals surface area contributed by atoms with Gasteiger partial charge < -0.3 is 42.7 Å². The quantitative estimate of drug-likeness (QED) is 0.127. The van der Waals surface area contributed by atoms with E-state index in [2.05, 4.69) is 16.0 Å². The van der Waals surface area contributed by atoms with Crippen molar-refractivity contribution in [3.8, 4) is 0 Å². The van der Waals surface area contributed by atoms with Crippen molar-refractivity contribution in [1.29, 1.82) is 0 Å². The Morgan fingerprint density at radius 3 is 1.78 bits per heavy atom. The van der Waals surface area contributed by atoms with Gasteiger partial charge >= 0.3 is 11.9 Å². The van der Waals surface area contributed by atoms with Gasteiger partial charge in [0.15, 0.2) is 0 Å². The highest BCUT2D eigenvalue weighted by atomic mass is 16.4. The summed E-state index contributed by atoms with van der Waals surface area (Å²) in [5, 5.41) is 34.3. The smallest absolute Gasteiger partial charge is 0.326 e. The van der Waals surface area contributed by atoms with E-state index in [4.69, 9.17) is 16.6 Å². The van der Waals surface area contributed by atoms with Gasteiger partial charge in [0.2, 0.25) is 23.6 Å². The van der Waals surface area contributed by atoms with E-state index in [-0.39, 0.29) is 6.42 Å². The number of carbonyl (C=O) groups is 6. The van der Waals surface area contributed by atoms with Gasteiger partial charge in [0, 0.05) is 6.42 Å². The Hall–Kier alpha value is -3.26. The second-order valence-electron chi connectivity index (χ2n) is 7.57. The molecule has 14 heteroatoms. The maximum atomic E-state index is 12.6. The van der Waals surface area contributed by atoms with Crippen molar-refractivity contribution in [2.75, 3.05) is 0 Å². The van der Waals surface area contributed by atoms with Gasteiger partial charge in [0.05, 0.1) is 18.6 Å². The number of aliphatic hydroxyl groups is 1. The molecule has 32 heavy (non-hydrogen) atoms. The number of rotatable bonds is 14. The number of aliphatic hydroxyl groups excluding tert-OH is 1. The lowest BCUT2D eigenvalue weighted by molar-refractivity contribution is -0.144. The molecule has 0 fully saturated rings. The van der Waals surface area contributed by atoms with E-state index in [0.717, 1.165) is 0 Å². The summed E-state index contributed by atoms with van der Waals surface area (Å²) in [5.74, 6) is -7.00. The highest BCUT2D eigenvalue weighted by molar-refractivity contribution is 5.96. The van der Waals surface area contributed by atoms with E-state index in [1.807, 2.05) is 0 Å². The monoisotopic (exact) mass is 461 g/mol. The number of carbonyl (C=O) groups excluding carboxylic acids is 4. The molecule has 4 amide bonds. The Morgan fingerprint density at radius 1 is 0.844 bits per heavy atom. The van der Waals surface area contributed by atoms with Crippen LogP contribution < -0.4 is 27.4 Å². The molecule has 0 rings (SSSR count). The number of carboxylic acids is 2. The molecule has 0 saturated heterocycles. The zero-order valence-corrected chi connectivity index (χ0v) is 18.0. The first-order chi connectivity index (χ1) is 14.7. The number of hydrogen-bond acceptors (Lipinski definition) is 8. The summed E-state index contributed by atoms with van der Waals surface area (Å²) >= 11 is 0. The molecule has 0 radical (unpaired) electrons. The fourth-order valence-corrected chi connectivity index (χ4v) is 2.51. The largest absolute Gasteiger partial charge is 0.481 e. The van der Waals surface area contributed by atoms with Gasteiger partial charge in [-0.25, -0.2) is 4.79 Å². The predicted octanol–water partition coefficient (Wildman–Crippen LogP) is -3.37. The molecule has 0 aromatic carbocycles. The van der Waals surface area contributed by atoms with E-state index in [1.165, 1.54) is 6.92 Å². The highest BCUT2D eigenvalue weighted by Crippen LogP contribution is 2.05. The van der Waals surface area contributed by atoms with Gasteiger partial charge in [-0.3, -0.25) is 24.0 Å². The molecule has 0 aliphatic rings. The zero-order chi connectivity index (χ0) is 25.2. The summed E-state index contributed by atoms with van der Waals surface area (Å²) < 4.78 is 0. The van der Waals surface area contributed by atoms with Gasteiger partial charge in [-0.2, -0.15) is 0 Å². The Morgan fingerprint density at radius 2 is 1.38 bits per heavy atom. The predicted molar refractivity (Wildman–Crippen MR) is 109 cm³/mol. The molecule has 0 aliphatic carbocycles. The van der Waals surface area contributed by atoms with Gasteiger partial charge in [0.25, 0.3) is 0 Å². The van der Waals surface area contributed by atoms with Crippen LogP contribution in [0.4, 0.5) is 0 Å². The molecule has 5 atom stereocenters. The third-order valence-corrected chi connectivity index (χ3v) is 4.34. The molecule has 182 valence electrons. The van der Waals surface area contributed by atoms with Crippen LogP contribution in [0.15, 0.2) is 0 Å². The summed E-state index contributed by atoms with van der Waals surface area (Å²) in [6.07, 6.45) is -2.80. The second kappa shape index (κ2) is 13.2. The molecule has 0 heterocycles. The third-order valence-electron chi connectivity index (χ3n) is 4.34. The minimum Gasteiger partial charge on any atom is -0.481 e. The number of amides is 4. The number of nitrogens with two attached hydrogens (primary N) is 2. The number of hydrogen-bond donors (Lipinski definition) is 8. The fourth-order valence-electron chi connectivity index (χ4n) is 2.51. The average Bonchev–Trinajstić information content (AvgIpc) is 2.65. The van der Waals surface area contributed by atoms with Gasteiger partial charge in [-0.1, -0.05) is 13.8 Å². The van der Waals surface area contributed by atoms with Crippen molar-refractivity contribution in [3.05, 3.63) is 0 Å². The van der Waals surface area contributed by atoms with Crippen LogP contribution in [0.25, 0.3) is 0 Å². The van der Waals surface area contributed by atoms with Crippen LogP contribution in [0.3, 0.4) is 0 Å². The molecular weight excluding hydrogens is 430 g/mol. The minimum atomic E-state index is -1.61. The average molecular weight is 461 g/mol. The standard InChI is InChI=1S/C18H31N5O9/c1-7(2)13(18(31)32)22-17(30)14(8(3)24)23-16(29)10(6-11(20)25)21-15(28)9(19)4-5-12(26)27/h7-10,13-14,24H,4-6,19H2,1-3H3,(H2,20,25)(H,21,28)(H,22,30)(H,23,29)(H,26,27)(H,31,32). The molecule has 0 spiro atoms. The molecule has 0 aromatic heterocycles. The Labute approximate surface area is 184 Å². The van der Waals surface area contributed by atoms with Crippen molar-refractivity contribution < 1.29 is 44.1 Å². The Balaban J connectivity index is 5.41. The van der Waals surface area contributed by atoms with Crippen LogP contribution in [0.1, 0.15) is 40.0 Å². The lowest BCUT2D eigenvalue weighted by Crippen LogP contribution is -2.60. The van der Waals surface area contributed by atoms with Crippen molar-refractivity contribution >= 4 is 35.6 Å². The number of nitrogens with one attached hydrogen (secondary N) is 3. The minimum absolute atomic E-state index is 0.240. The summed E-state index contributed by atoms with van der Waals surface area (Å²) in [4.78, 5) is 70.4. The number of aliphatic carboxylic acids is 2. The first-order valence-electron chi connectivity index (χ1n) is 9.75. The van der Waals surface area contributed by atoms with Crippen LogP contribution in [0, 0.1) is 5.92 Å². The third kappa shape index (κ3) is 10.2. The van der Waals surface area contributed by atoms with E-state index in [1.54, 1.807) is 13.8 Å². The SMILES string of the molecule is CC(C)C(NC(=O)C(NC(=O)C(CC(N)=O)NC(=O)C(N)CCC(=O)O)C(C)O)C(=O)O. The maximum absolute atomic E-state index is 12.6. The summed E-state index contributed by atoms with van der Waals surface area (Å²) in [6.45, 7) is 4.25. The van der Waals surface area contributed by atoms with E-state index in [0.29, 0.717) is 0 Å². The summed E-state index contributed by atoms with van der Waals surface area (Å²) in [7, 11) is 0. The number of carboxylic acid groups (broad SMARTS) is 2. The molecule has 14 nitrogen and oxygen atoms in total. The van der Waals surface area contributed by atoms with Crippen LogP contribution >= 0.6 is 0 Å². The molecule has 0 saturated carbocycles. The van der Waals surface area contributed by atoms with Crippen molar-refractivity contribution in [2.45, 2.75) is 70.3 Å². The molecule has 10 N–H and O–H groups in total. The number of primary amides is 1. The normalized spacial score (nSPS) is 15.6. The Kier molecular flexibility index (Phi) is 11.9. The molecule has 0 aromatic rings. The summed E-state index contributed by atoms with van der Waals surface area (Å²) in [6, 6.07) is -5.79. The second-order valence-corrected chi connectivity index (χ2v) is 7.57. The van der Waals surface area contributed by atoms with Crippen molar-refractivity contribution in [1.82, 2.24) is 16.0 Å². The van der Waals surface area contributed by atoms with Crippen molar-refractivity contribution in [2.24, 2.45) is 17.4 Å². The fraction of sp³-hybridized carbons (Fsp3) is 0.667. The molecular formula is C18H31N5O9.